The zero-order chi connectivity index (χ0) is 16.1. The molecule has 1 aromatic heterocycles. The summed E-state index contributed by atoms with van der Waals surface area (Å²) in [5, 5.41) is 6.27. The second kappa shape index (κ2) is 7.33. The topological polar surface area (TPSA) is 66.0 Å². The maximum atomic E-state index is 11.8. The number of anilines is 1. The van der Waals surface area contributed by atoms with Gasteiger partial charge in [-0.3, -0.25) is 15.6 Å². The average molecular weight is 334 g/mol. The van der Waals surface area contributed by atoms with Crippen LogP contribution in [0.15, 0.2) is 23.6 Å². The van der Waals surface area contributed by atoms with Crippen molar-refractivity contribution < 1.29 is 4.79 Å². The molecular weight excluding hydrogens is 316 g/mol. The number of aromatic nitrogens is 1. The maximum absolute atomic E-state index is 11.8. The summed E-state index contributed by atoms with van der Waals surface area (Å²) in [6.45, 7) is 5.91. The summed E-state index contributed by atoms with van der Waals surface area (Å²) < 4.78 is 0. The van der Waals surface area contributed by atoms with Gasteiger partial charge in [0.15, 0.2) is 5.11 Å². The summed E-state index contributed by atoms with van der Waals surface area (Å²) in [6, 6.07) is 5.99. The van der Waals surface area contributed by atoms with Crippen molar-refractivity contribution >= 4 is 40.3 Å². The van der Waals surface area contributed by atoms with Crippen LogP contribution in [0.1, 0.15) is 21.8 Å². The third-order valence-electron chi connectivity index (χ3n) is 3.04. The summed E-state index contributed by atoms with van der Waals surface area (Å²) in [5.74, 6) is -0.184. The van der Waals surface area contributed by atoms with Crippen molar-refractivity contribution in [1.82, 2.24) is 15.8 Å². The smallest absolute Gasteiger partial charge is 0.244 e. The van der Waals surface area contributed by atoms with E-state index in [0.29, 0.717) is 5.11 Å². The number of hydrogen-bond acceptors (Lipinski definition) is 4. The van der Waals surface area contributed by atoms with Crippen LogP contribution < -0.4 is 16.2 Å². The lowest BCUT2D eigenvalue weighted by atomic mass is 10.1. The van der Waals surface area contributed by atoms with E-state index in [1.807, 2.05) is 44.4 Å². The third kappa shape index (κ3) is 4.51. The number of para-hydroxylation sites is 1. The molecular formula is C15H18N4OS2. The average Bonchev–Trinajstić information content (AvgIpc) is 2.86. The molecule has 0 aliphatic rings. The Morgan fingerprint density at radius 2 is 1.91 bits per heavy atom. The summed E-state index contributed by atoms with van der Waals surface area (Å²) >= 11 is 6.72. The zero-order valence-electron chi connectivity index (χ0n) is 12.7. The molecule has 5 nitrogen and oxygen atoms in total. The molecule has 0 spiro atoms. The Bertz CT molecular complexity index is 676. The highest BCUT2D eigenvalue weighted by molar-refractivity contribution is 7.80. The minimum atomic E-state index is -0.184. The Morgan fingerprint density at radius 3 is 2.50 bits per heavy atom. The van der Waals surface area contributed by atoms with Crippen LogP contribution in [0.25, 0.3) is 0 Å². The lowest BCUT2D eigenvalue weighted by Crippen LogP contribution is -2.44. The van der Waals surface area contributed by atoms with Crippen LogP contribution in [0.5, 0.6) is 0 Å². The molecule has 2 aromatic rings. The van der Waals surface area contributed by atoms with E-state index in [9.17, 15) is 4.79 Å². The van der Waals surface area contributed by atoms with Gasteiger partial charge in [0.05, 0.1) is 17.1 Å². The van der Waals surface area contributed by atoms with E-state index in [1.165, 1.54) is 11.3 Å². The molecule has 0 saturated carbocycles. The van der Waals surface area contributed by atoms with Crippen molar-refractivity contribution in [3.8, 4) is 0 Å². The van der Waals surface area contributed by atoms with Gasteiger partial charge in [0.1, 0.15) is 0 Å². The van der Waals surface area contributed by atoms with Crippen LogP contribution in [-0.4, -0.2) is 16.0 Å². The predicted octanol–water partition coefficient (Wildman–Crippen LogP) is 2.63. The molecule has 7 heteroatoms. The summed E-state index contributed by atoms with van der Waals surface area (Å²) in [6.07, 6.45) is 0.226. The van der Waals surface area contributed by atoms with Gasteiger partial charge in [-0.25, -0.2) is 4.98 Å². The van der Waals surface area contributed by atoms with Gasteiger partial charge in [0, 0.05) is 11.1 Å². The summed E-state index contributed by atoms with van der Waals surface area (Å²) in [7, 11) is 0. The highest BCUT2D eigenvalue weighted by atomic mass is 32.1. The van der Waals surface area contributed by atoms with Crippen molar-refractivity contribution in [1.29, 1.82) is 0 Å². The van der Waals surface area contributed by atoms with Gasteiger partial charge in [-0.1, -0.05) is 18.2 Å². The second-order valence-electron chi connectivity index (χ2n) is 4.93. The van der Waals surface area contributed by atoms with Gasteiger partial charge in [-0.2, -0.15) is 0 Å². The number of rotatable bonds is 3. The van der Waals surface area contributed by atoms with Crippen molar-refractivity contribution in [2.75, 3.05) is 5.32 Å². The minimum Gasteiger partial charge on any atom is -0.331 e. The van der Waals surface area contributed by atoms with E-state index in [2.05, 4.69) is 21.2 Å². The number of thiocarbonyl (C=S) groups is 1. The molecule has 0 radical (unpaired) electrons. The first-order valence-electron chi connectivity index (χ1n) is 6.79. The van der Waals surface area contributed by atoms with E-state index >= 15 is 0 Å². The molecule has 0 saturated heterocycles. The van der Waals surface area contributed by atoms with Gasteiger partial charge in [0.2, 0.25) is 5.91 Å². The highest BCUT2D eigenvalue weighted by Gasteiger charge is 2.08. The largest absolute Gasteiger partial charge is 0.331 e. The van der Waals surface area contributed by atoms with Crippen LogP contribution >= 0.6 is 23.6 Å². The number of amides is 1. The Hall–Kier alpha value is -1.99. The van der Waals surface area contributed by atoms with E-state index in [0.717, 1.165) is 27.5 Å². The fraction of sp³-hybridized carbons (Fsp3) is 0.267. The van der Waals surface area contributed by atoms with Gasteiger partial charge >= 0.3 is 0 Å². The molecule has 0 unspecified atom stereocenters. The second-order valence-corrected chi connectivity index (χ2v) is 6.40. The first kappa shape index (κ1) is 16.4. The van der Waals surface area contributed by atoms with Crippen LogP contribution in [0, 0.1) is 20.8 Å². The van der Waals surface area contributed by atoms with E-state index in [-0.39, 0.29) is 12.3 Å². The van der Waals surface area contributed by atoms with E-state index in [1.54, 1.807) is 0 Å². The Kier molecular flexibility index (Phi) is 5.46. The normalized spacial score (nSPS) is 10.1. The fourth-order valence-electron chi connectivity index (χ4n) is 1.98. The fourth-order valence-corrected chi connectivity index (χ4v) is 2.75. The number of nitrogens with one attached hydrogen (secondary N) is 3. The molecule has 1 amide bonds. The van der Waals surface area contributed by atoms with E-state index < -0.39 is 0 Å². The monoisotopic (exact) mass is 334 g/mol. The Balaban J connectivity index is 1.84. The number of hydrogen-bond donors (Lipinski definition) is 3. The van der Waals surface area contributed by atoms with Gasteiger partial charge in [0.25, 0.3) is 0 Å². The quantitative estimate of drug-likeness (QED) is 0.595. The molecule has 0 atom stereocenters. The zero-order valence-corrected chi connectivity index (χ0v) is 14.3. The number of carbonyl (C=O) groups excluding carboxylic acids is 1. The maximum Gasteiger partial charge on any atom is 0.244 e. The molecule has 3 N–H and O–H groups in total. The molecule has 0 bridgehead atoms. The van der Waals surface area contributed by atoms with Crippen molar-refractivity contribution in [3.63, 3.8) is 0 Å². The number of hydrazine groups is 1. The molecule has 0 aliphatic heterocycles. The third-order valence-corrected chi connectivity index (χ3v) is 4.07. The molecule has 116 valence electrons. The minimum absolute atomic E-state index is 0.184. The molecule has 1 aromatic carbocycles. The van der Waals surface area contributed by atoms with Crippen molar-refractivity contribution in [3.05, 3.63) is 45.4 Å². The molecule has 2 rings (SSSR count). The first-order valence-corrected chi connectivity index (χ1v) is 8.07. The molecule has 1 heterocycles. The van der Waals surface area contributed by atoms with Crippen molar-refractivity contribution in [2.45, 2.75) is 27.2 Å². The van der Waals surface area contributed by atoms with Crippen LogP contribution in [-0.2, 0) is 11.2 Å². The van der Waals surface area contributed by atoms with Gasteiger partial charge in [-0.15, -0.1) is 11.3 Å². The molecule has 0 fully saturated rings. The van der Waals surface area contributed by atoms with Crippen molar-refractivity contribution in [2.24, 2.45) is 0 Å². The summed E-state index contributed by atoms with van der Waals surface area (Å²) in [4.78, 5) is 16.1. The van der Waals surface area contributed by atoms with E-state index in [4.69, 9.17) is 12.2 Å². The standard InChI is InChI=1S/C15H18N4OS2/c1-9-5-4-6-10(2)14(9)17-15(21)19-18-13(20)7-12-8-22-11(3)16-12/h4-6,8H,7H2,1-3H3,(H,18,20)(H2,17,19,21). The first-order chi connectivity index (χ1) is 10.5. The molecule has 22 heavy (non-hydrogen) atoms. The Morgan fingerprint density at radius 1 is 1.23 bits per heavy atom. The Labute approximate surface area is 139 Å². The number of nitrogens with zero attached hydrogens (tertiary/aromatic N) is 1. The van der Waals surface area contributed by atoms with Crippen LogP contribution in [0.3, 0.4) is 0 Å². The predicted molar refractivity (Wildman–Crippen MR) is 94.0 cm³/mol. The molecule has 0 aliphatic carbocycles. The lowest BCUT2D eigenvalue weighted by Gasteiger charge is -2.15. The van der Waals surface area contributed by atoms with Crippen LogP contribution in [0.4, 0.5) is 5.69 Å². The lowest BCUT2D eigenvalue weighted by molar-refractivity contribution is -0.121. The van der Waals surface area contributed by atoms with Gasteiger partial charge < -0.3 is 5.32 Å². The highest BCUT2D eigenvalue weighted by Crippen LogP contribution is 2.18. The number of aryl methyl sites for hydroxylation is 3. The SMILES string of the molecule is Cc1nc(CC(=O)NNC(=S)Nc2c(C)cccc2C)cs1. The number of carbonyl (C=O) groups is 1. The van der Waals surface area contributed by atoms with Gasteiger partial charge in [-0.05, 0) is 44.1 Å². The van der Waals surface area contributed by atoms with Crippen LogP contribution in [0.2, 0.25) is 0 Å². The summed E-state index contributed by atoms with van der Waals surface area (Å²) in [5.41, 5.74) is 9.17. The number of thiazole rings is 1. The number of benzene rings is 1.